The number of nitrogen functional groups attached to an aromatic ring is 1. The van der Waals surface area contributed by atoms with Crippen molar-refractivity contribution in [2.24, 2.45) is 5.41 Å². The number of alkyl halides is 2. The average Bonchev–Trinajstić information content (AvgIpc) is 2.44. The lowest BCUT2D eigenvalue weighted by Gasteiger charge is -2.37. The number of hydrogen-bond donors (Lipinski definition) is 2. The number of nitrogens with zero attached hydrogens (tertiary/aromatic N) is 2. The van der Waals surface area contributed by atoms with Gasteiger partial charge in [0.25, 0.3) is 5.92 Å². The highest BCUT2D eigenvalue weighted by Crippen LogP contribution is 2.40. The quantitative estimate of drug-likeness (QED) is 0.610. The van der Waals surface area contributed by atoms with Gasteiger partial charge in [-0.1, -0.05) is 0 Å². The van der Waals surface area contributed by atoms with Crippen molar-refractivity contribution in [2.45, 2.75) is 25.7 Å². The second-order valence-electron chi connectivity index (χ2n) is 5.36. The van der Waals surface area contributed by atoms with Crippen molar-refractivity contribution in [3.63, 3.8) is 0 Å². The largest absolute Gasteiger partial charge is 0.468 e. The zero-order valence-electron chi connectivity index (χ0n) is 12.2. The van der Waals surface area contributed by atoms with Gasteiger partial charge in [0.1, 0.15) is 5.82 Å². The third kappa shape index (κ3) is 2.83. The number of methoxy groups -OCH3 is 1. The molecule has 0 bridgehead atoms. The minimum absolute atomic E-state index is 0.159. The summed E-state index contributed by atoms with van der Waals surface area (Å²) in [5, 5.41) is 9.51. The number of esters is 1. The summed E-state index contributed by atoms with van der Waals surface area (Å²) in [6.45, 7) is 0.835. The molecule has 0 aromatic carbocycles. The van der Waals surface area contributed by atoms with Crippen LogP contribution in [0.15, 0.2) is 6.07 Å². The van der Waals surface area contributed by atoms with Gasteiger partial charge in [-0.3, -0.25) is 9.59 Å². The first kappa shape index (κ1) is 16.1. The summed E-state index contributed by atoms with van der Waals surface area (Å²) in [4.78, 5) is 24.2. The molecule has 1 fully saturated rings. The van der Waals surface area contributed by atoms with Crippen LogP contribution in [0, 0.1) is 12.3 Å². The topological polar surface area (TPSA) is 107 Å². The van der Waals surface area contributed by atoms with Crippen LogP contribution in [-0.2, 0) is 20.7 Å². The highest BCUT2D eigenvalue weighted by atomic mass is 19.3. The van der Waals surface area contributed by atoms with Crippen LogP contribution in [0.1, 0.15) is 17.7 Å². The molecule has 3 N–H and O–H groups in total. The fourth-order valence-electron chi connectivity index (χ4n) is 2.53. The second kappa shape index (κ2) is 5.47. The van der Waals surface area contributed by atoms with E-state index in [0.717, 1.165) is 7.11 Å². The van der Waals surface area contributed by atoms with Gasteiger partial charge in [-0.25, -0.2) is 8.78 Å². The summed E-state index contributed by atoms with van der Waals surface area (Å²) in [7, 11) is 1.05. The molecule has 1 aromatic heterocycles. The fraction of sp³-hybridized carbons (Fsp3) is 0.538. The molecule has 0 aliphatic carbocycles. The first-order valence-electron chi connectivity index (χ1n) is 6.53. The maximum absolute atomic E-state index is 13.8. The van der Waals surface area contributed by atoms with Crippen molar-refractivity contribution in [3.8, 4) is 0 Å². The van der Waals surface area contributed by atoms with E-state index in [-0.39, 0.29) is 17.9 Å². The normalized spacial score (nSPS) is 23.7. The zero-order chi connectivity index (χ0) is 16.5. The number of nitrogens with two attached hydrogens (primary N) is 1. The molecule has 0 radical (unpaired) electrons. The molecule has 0 spiro atoms. The number of carbonyl (C=O) groups is 2. The van der Waals surface area contributed by atoms with Crippen LogP contribution in [0.3, 0.4) is 0 Å². The van der Waals surface area contributed by atoms with E-state index in [9.17, 15) is 18.4 Å². The molecule has 7 nitrogen and oxygen atoms in total. The summed E-state index contributed by atoms with van der Waals surface area (Å²) in [5.74, 6) is -4.88. The maximum atomic E-state index is 13.8. The Morgan fingerprint density at radius 3 is 2.77 bits per heavy atom. The summed E-state index contributed by atoms with van der Waals surface area (Å²) >= 11 is 0. The van der Waals surface area contributed by atoms with Gasteiger partial charge in [-0.15, -0.1) is 5.10 Å². The van der Waals surface area contributed by atoms with E-state index in [1.165, 1.54) is 6.07 Å². The van der Waals surface area contributed by atoms with E-state index in [2.05, 4.69) is 20.3 Å². The molecule has 1 aromatic rings. The minimum Gasteiger partial charge on any atom is -0.468 e. The van der Waals surface area contributed by atoms with E-state index in [1.54, 1.807) is 6.92 Å². The molecule has 0 saturated carbocycles. The van der Waals surface area contributed by atoms with Crippen LogP contribution in [-0.4, -0.2) is 41.7 Å². The predicted octanol–water partition coefficient (Wildman–Crippen LogP) is 0.224. The molecule has 9 heteroatoms. The number of nitrogens with one attached hydrogen (secondary N) is 1. The molecule has 120 valence electrons. The van der Waals surface area contributed by atoms with Crippen molar-refractivity contribution in [3.05, 3.63) is 17.3 Å². The van der Waals surface area contributed by atoms with Gasteiger partial charge in [0.15, 0.2) is 5.41 Å². The van der Waals surface area contributed by atoms with Crippen molar-refractivity contribution in [1.29, 1.82) is 0 Å². The van der Waals surface area contributed by atoms with Crippen LogP contribution in [0.4, 0.5) is 14.6 Å². The van der Waals surface area contributed by atoms with Crippen molar-refractivity contribution in [2.75, 3.05) is 19.4 Å². The Morgan fingerprint density at radius 2 is 2.18 bits per heavy atom. The third-order valence-corrected chi connectivity index (χ3v) is 3.65. The van der Waals surface area contributed by atoms with Crippen molar-refractivity contribution < 1.29 is 23.1 Å². The smallest absolute Gasteiger partial charge is 0.322 e. The summed E-state index contributed by atoms with van der Waals surface area (Å²) in [5.41, 5.74) is 4.25. The Hall–Kier alpha value is -2.32. The van der Waals surface area contributed by atoms with E-state index in [4.69, 9.17) is 5.73 Å². The van der Waals surface area contributed by atoms with Gasteiger partial charge >= 0.3 is 5.97 Å². The Morgan fingerprint density at radius 1 is 1.50 bits per heavy atom. The van der Waals surface area contributed by atoms with Crippen LogP contribution >= 0.6 is 0 Å². The lowest BCUT2D eigenvalue weighted by molar-refractivity contribution is -0.172. The van der Waals surface area contributed by atoms with Crippen LogP contribution in [0.2, 0.25) is 0 Å². The number of aryl methyl sites for hydroxylation is 1. The molecule has 2 heterocycles. The monoisotopic (exact) mass is 314 g/mol. The van der Waals surface area contributed by atoms with Crippen LogP contribution < -0.4 is 11.1 Å². The number of piperidine rings is 1. The molecule has 22 heavy (non-hydrogen) atoms. The van der Waals surface area contributed by atoms with Gasteiger partial charge in [-0.2, -0.15) is 5.10 Å². The molecular formula is C13H16F2N4O3. The van der Waals surface area contributed by atoms with Crippen molar-refractivity contribution in [1.82, 2.24) is 15.5 Å². The van der Waals surface area contributed by atoms with E-state index < -0.39 is 36.2 Å². The first-order chi connectivity index (χ1) is 10.2. The minimum atomic E-state index is -3.21. The van der Waals surface area contributed by atoms with Gasteiger partial charge in [0.05, 0.1) is 19.3 Å². The first-order valence-corrected chi connectivity index (χ1v) is 6.53. The number of rotatable bonds is 3. The SMILES string of the molecule is COC(=O)C1(Cc2nnc(N)cc2C)CC(F)(F)CNC1=O. The van der Waals surface area contributed by atoms with Crippen LogP contribution in [0.5, 0.6) is 0 Å². The average molecular weight is 314 g/mol. The number of aromatic nitrogens is 2. The number of ether oxygens (including phenoxy) is 1. The second-order valence-corrected chi connectivity index (χ2v) is 5.36. The molecule has 1 atom stereocenters. The third-order valence-electron chi connectivity index (χ3n) is 3.65. The maximum Gasteiger partial charge on any atom is 0.322 e. The molecule has 1 unspecified atom stereocenters. The number of hydrogen-bond acceptors (Lipinski definition) is 6. The standard InChI is InChI=1S/C13H16F2N4O3/c1-7-3-9(16)19-18-8(7)4-12(11(21)22-2)5-13(14,15)6-17-10(12)20/h3H,4-6H2,1-2H3,(H2,16,19)(H,17,20). The summed E-state index contributed by atoms with van der Waals surface area (Å²) in [6.07, 6.45) is -1.27. The van der Waals surface area contributed by atoms with E-state index in [1.807, 2.05) is 0 Å². The van der Waals surface area contributed by atoms with Gasteiger partial charge in [-0.05, 0) is 18.6 Å². The lowest BCUT2D eigenvalue weighted by atomic mass is 9.74. The highest BCUT2D eigenvalue weighted by molar-refractivity contribution is 6.03. The molecule has 1 aliphatic rings. The molecular weight excluding hydrogens is 298 g/mol. The summed E-state index contributed by atoms with van der Waals surface area (Å²) < 4.78 is 32.1. The van der Waals surface area contributed by atoms with E-state index >= 15 is 0 Å². The molecule has 1 amide bonds. The number of anilines is 1. The highest BCUT2D eigenvalue weighted by Gasteiger charge is 2.57. The Bertz CT molecular complexity index is 613. The summed E-state index contributed by atoms with van der Waals surface area (Å²) in [6, 6.07) is 1.49. The number of amides is 1. The van der Waals surface area contributed by atoms with Crippen LogP contribution in [0.25, 0.3) is 0 Å². The molecule has 2 rings (SSSR count). The lowest BCUT2D eigenvalue weighted by Crippen LogP contribution is -2.59. The van der Waals surface area contributed by atoms with E-state index in [0.29, 0.717) is 5.56 Å². The number of halogens is 2. The number of carbonyl (C=O) groups excluding carboxylic acids is 2. The predicted molar refractivity (Wildman–Crippen MR) is 71.9 cm³/mol. The van der Waals surface area contributed by atoms with Gasteiger partial charge in [0.2, 0.25) is 5.91 Å². The fourth-order valence-corrected chi connectivity index (χ4v) is 2.53. The van der Waals surface area contributed by atoms with Gasteiger partial charge < -0.3 is 15.8 Å². The van der Waals surface area contributed by atoms with Gasteiger partial charge in [0, 0.05) is 12.8 Å². The molecule has 1 aliphatic heterocycles. The Labute approximate surface area is 125 Å². The van der Waals surface area contributed by atoms with Crippen molar-refractivity contribution >= 4 is 17.7 Å². The Balaban J connectivity index is 2.45. The molecule has 1 saturated heterocycles. The zero-order valence-corrected chi connectivity index (χ0v) is 12.2. The Kier molecular flexibility index (Phi) is 3.99.